The number of nitrogens with one attached hydrogen (secondary N) is 1. The Morgan fingerprint density at radius 2 is 1.89 bits per heavy atom. The lowest BCUT2D eigenvalue weighted by molar-refractivity contribution is -0.384. The first kappa shape index (κ1) is 24.5. The summed E-state index contributed by atoms with van der Waals surface area (Å²) in [7, 11) is 0. The molecule has 0 radical (unpaired) electrons. The van der Waals surface area contributed by atoms with Crippen LogP contribution < -0.4 is 19.7 Å². The molecule has 2 amide bonds. The van der Waals surface area contributed by atoms with Gasteiger partial charge in [0, 0.05) is 30.4 Å². The average Bonchev–Trinajstić information content (AvgIpc) is 2.88. The number of non-ortho nitro benzene ring substituents is 1. The summed E-state index contributed by atoms with van der Waals surface area (Å²) in [5.41, 5.74) is 1.71. The standard InChI is InChI=1S/C27H25N3O6/c1-19-27(32)29(16-5-17-35-23-6-3-2-4-7-23)24-18-21(11-14-25(24)36-19)28-26(31)15-10-20-8-12-22(13-9-20)30(33)34/h2-4,6-15,18-19H,5,16-17H2,1H3,(H,28,31)/b15-10+. The second-order valence-corrected chi connectivity index (χ2v) is 8.12. The number of carbonyl (C=O) groups excluding carboxylic acids is 2. The van der Waals surface area contributed by atoms with Crippen molar-refractivity contribution in [2.24, 2.45) is 0 Å². The van der Waals surface area contributed by atoms with Crippen molar-refractivity contribution in [3.8, 4) is 11.5 Å². The fraction of sp³-hybridized carbons (Fsp3) is 0.185. The van der Waals surface area contributed by atoms with Crippen molar-refractivity contribution < 1.29 is 24.0 Å². The lowest BCUT2D eigenvalue weighted by atomic mass is 10.1. The first-order valence-electron chi connectivity index (χ1n) is 11.4. The summed E-state index contributed by atoms with van der Waals surface area (Å²) >= 11 is 0. The molecule has 9 nitrogen and oxygen atoms in total. The molecule has 3 aromatic rings. The van der Waals surface area contributed by atoms with Gasteiger partial charge in [-0.15, -0.1) is 0 Å². The fourth-order valence-corrected chi connectivity index (χ4v) is 3.71. The first-order chi connectivity index (χ1) is 17.4. The van der Waals surface area contributed by atoms with Crippen molar-refractivity contribution in [1.82, 2.24) is 0 Å². The number of rotatable bonds is 9. The summed E-state index contributed by atoms with van der Waals surface area (Å²) in [6.45, 7) is 2.59. The molecule has 1 aliphatic heterocycles. The molecular formula is C27H25N3O6. The number of amides is 2. The van der Waals surface area contributed by atoms with Gasteiger partial charge in [0.05, 0.1) is 17.2 Å². The molecular weight excluding hydrogens is 462 g/mol. The van der Waals surface area contributed by atoms with Gasteiger partial charge in [-0.3, -0.25) is 19.7 Å². The third kappa shape index (κ3) is 6.06. The van der Waals surface area contributed by atoms with E-state index in [1.807, 2.05) is 30.3 Å². The largest absolute Gasteiger partial charge is 0.494 e. The molecule has 9 heteroatoms. The normalized spacial score (nSPS) is 14.8. The number of ether oxygens (including phenoxy) is 2. The van der Waals surface area contributed by atoms with E-state index >= 15 is 0 Å². The third-order valence-corrected chi connectivity index (χ3v) is 5.50. The number of hydrogen-bond acceptors (Lipinski definition) is 6. The van der Waals surface area contributed by atoms with E-state index < -0.39 is 11.0 Å². The van der Waals surface area contributed by atoms with Crippen LogP contribution in [0.2, 0.25) is 0 Å². The van der Waals surface area contributed by atoms with E-state index in [0.717, 1.165) is 5.75 Å². The molecule has 0 bridgehead atoms. The van der Waals surface area contributed by atoms with Crippen molar-refractivity contribution in [3.63, 3.8) is 0 Å². The Labute approximate surface area is 208 Å². The van der Waals surface area contributed by atoms with Crippen LogP contribution in [0.5, 0.6) is 11.5 Å². The Bertz CT molecular complexity index is 1270. The van der Waals surface area contributed by atoms with Crippen molar-refractivity contribution in [2.75, 3.05) is 23.4 Å². The monoisotopic (exact) mass is 487 g/mol. The number of anilines is 2. The summed E-state index contributed by atoms with van der Waals surface area (Å²) in [5, 5.41) is 13.5. The number of fused-ring (bicyclic) bond motifs is 1. The highest BCUT2D eigenvalue weighted by atomic mass is 16.6. The maximum atomic E-state index is 12.8. The van der Waals surface area contributed by atoms with Crippen LogP contribution in [0.25, 0.3) is 6.08 Å². The van der Waals surface area contributed by atoms with Gasteiger partial charge in [0.15, 0.2) is 6.10 Å². The van der Waals surface area contributed by atoms with Gasteiger partial charge < -0.3 is 19.7 Å². The first-order valence-corrected chi connectivity index (χ1v) is 11.4. The van der Waals surface area contributed by atoms with Crippen LogP contribution in [-0.2, 0) is 9.59 Å². The number of nitro groups is 1. The number of nitro benzene ring substituents is 1. The molecule has 3 aromatic carbocycles. The molecule has 0 spiro atoms. The van der Waals surface area contributed by atoms with Gasteiger partial charge in [-0.05, 0) is 67.4 Å². The van der Waals surface area contributed by atoms with E-state index in [1.165, 1.54) is 18.2 Å². The van der Waals surface area contributed by atoms with Crippen LogP contribution in [-0.4, -0.2) is 36.0 Å². The molecule has 4 rings (SSSR count). The fourth-order valence-electron chi connectivity index (χ4n) is 3.71. The van der Waals surface area contributed by atoms with Crippen LogP contribution in [0.1, 0.15) is 18.9 Å². The molecule has 0 aromatic heterocycles. The molecule has 0 fully saturated rings. The van der Waals surface area contributed by atoms with Gasteiger partial charge in [-0.25, -0.2) is 0 Å². The van der Waals surface area contributed by atoms with E-state index in [2.05, 4.69) is 5.32 Å². The maximum Gasteiger partial charge on any atom is 0.269 e. The predicted octanol–water partition coefficient (Wildman–Crippen LogP) is 4.83. The SMILES string of the molecule is CC1Oc2ccc(NC(=O)/C=C/c3ccc([N+](=O)[O-])cc3)cc2N(CCCOc2ccccc2)C1=O. The molecule has 0 saturated carbocycles. The summed E-state index contributed by atoms with van der Waals surface area (Å²) in [5.74, 6) is 0.785. The lowest BCUT2D eigenvalue weighted by Gasteiger charge is -2.33. The van der Waals surface area contributed by atoms with Crippen molar-refractivity contribution >= 4 is 35.0 Å². The van der Waals surface area contributed by atoms with Gasteiger partial charge in [-0.2, -0.15) is 0 Å². The van der Waals surface area contributed by atoms with Gasteiger partial charge in [0.2, 0.25) is 5.91 Å². The summed E-state index contributed by atoms with van der Waals surface area (Å²) in [6, 6.07) is 20.5. The van der Waals surface area contributed by atoms with E-state index in [1.54, 1.807) is 48.2 Å². The van der Waals surface area contributed by atoms with E-state index in [-0.39, 0.29) is 17.5 Å². The van der Waals surface area contributed by atoms with Gasteiger partial charge in [0.25, 0.3) is 11.6 Å². The zero-order chi connectivity index (χ0) is 25.5. The highest BCUT2D eigenvalue weighted by molar-refractivity contribution is 6.04. The second kappa shape index (κ2) is 11.2. The number of hydrogen-bond donors (Lipinski definition) is 1. The molecule has 184 valence electrons. The van der Waals surface area contributed by atoms with Gasteiger partial charge >= 0.3 is 0 Å². The van der Waals surface area contributed by atoms with Crippen LogP contribution in [0.4, 0.5) is 17.1 Å². The maximum absolute atomic E-state index is 12.8. The van der Waals surface area contributed by atoms with Crippen molar-refractivity contribution in [2.45, 2.75) is 19.4 Å². The number of benzene rings is 3. The molecule has 1 aliphatic rings. The van der Waals surface area contributed by atoms with Crippen LogP contribution in [0, 0.1) is 10.1 Å². The van der Waals surface area contributed by atoms with Crippen LogP contribution >= 0.6 is 0 Å². The van der Waals surface area contributed by atoms with Crippen LogP contribution in [0.3, 0.4) is 0 Å². The zero-order valence-electron chi connectivity index (χ0n) is 19.6. The quantitative estimate of drug-likeness (QED) is 0.200. The Hall–Kier alpha value is -4.66. The number of carbonyl (C=O) groups is 2. The Morgan fingerprint density at radius 3 is 2.61 bits per heavy atom. The molecule has 0 saturated heterocycles. The van der Waals surface area contributed by atoms with Crippen LogP contribution in [0.15, 0.2) is 78.9 Å². The Kier molecular flexibility index (Phi) is 7.60. The lowest BCUT2D eigenvalue weighted by Crippen LogP contribution is -2.45. The minimum absolute atomic E-state index is 0.0204. The average molecular weight is 488 g/mol. The van der Waals surface area contributed by atoms with E-state index in [4.69, 9.17) is 9.47 Å². The van der Waals surface area contributed by atoms with Crippen molar-refractivity contribution in [1.29, 1.82) is 0 Å². The van der Waals surface area contributed by atoms with Gasteiger partial charge in [0.1, 0.15) is 11.5 Å². The summed E-state index contributed by atoms with van der Waals surface area (Å²) < 4.78 is 11.5. The third-order valence-electron chi connectivity index (χ3n) is 5.50. The molecule has 1 heterocycles. The molecule has 0 aliphatic carbocycles. The molecule has 1 unspecified atom stereocenters. The predicted molar refractivity (Wildman–Crippen MR) is 136 cm³/mol. The van der Waals surface area contributed by atoms with Crippen molar-refractivity contribution in [3.05, 3.63) is 94.6 Å². The highest BCUT2D eigenvalue weighted by Crippen LogP contribution is 2.36. The summed E-state index contributed by atoms with van der Waals surface area (Å²) in [4.78, 5) is 37.2. The minimum Gasteiger partial charge on any atom is -0.494 e. The number of para-hydroxylation sites is 1. The summed E-state index contributed by atoms with van der Waals surface area (Å²) in [6.07, 6.45) is 2.90. The second-order valence-electron chi connectivity index (χ2n) is 8.12. The molecule has 1 N–H and O–H groups in total. The van der Waals surface area contributed by atoms with E-state index in [0.29, 0.717) is 42.3 Å². The topological polar surface area (TPSA) is 111 Å². The Morgan fingerprint density at radius 1 is 1.14 bits per heavy atom. The smallest absolute Gasteiger partial charge is 0.269 e. The molecule has 1 atom stereocenters. The van der Waals surface area contributed by atoms with Gasteiger partial charge in [-0.1, -0.05) is 18.2 Å². The minimum atomic E-state index is -0.613. The highest BCUT2D eigenvalue weighted by Gasteiger charge is 2.31. The number of nitrogens with zero attached hydrogens (tertiary/aromatic N) is 2. The van der Waals surface area contributed by atoms with E-state index in [9.17, 15) is 19.7 Å². The molecule has 36 heavy (non-hydrogen) atoms. The Balaban J connectivity index is 1.40. The zero-order valence-corrected chi connectivity index (χ0v) is 19.6.